The van der Waals surface area contributed by atoms with Crippen LogP contribution in [0.1, 0.15) is 11.3 Å². The molecule has 1 aliphatic rings. The van der Waals surface area contributed by atoms with Crippen LogP contribution in [0.3, 0.4) is 0 Å². The first-order valence-electron chi connectivity index (χ1n) is 9.29. The van der Waals surface area contributed by atoms with Crippen LogP contribution in [-0.4, -0.2) is 35.9 Å². The molecule has 0 unspecified atom stereocenters. The summed E-state index contributed by atoms with van der Waals surface area (Å²) in [5.74, 6) is -0.354. The molecule has 1 N–H and O–H groups in total. The standard InChI is InChI=1S/C22H21N3O3S/c1-29(27,28)25-15-20-19(13-12-18(23-20)17-10-6-3-7-11-17)24-22(26)21(25)14-16-8-4-2-5-9-16/h2-13,21H,14-15H2,1H3,(H,24,26)/t21-/m1/s1. The van der Waals surface area contributed by atoms with Crippen molar-refractivity contribution >= 4 is 21.6 Å². The number of carbonyl (C=O) groups excluding carboxylic acids is 1. The van der Waals surface area contributed by atoms with Crippen molar-refractivity contribution in [2.24, 2.45) is 0 Å². The average molecular weight is 407 g/mol. The number of hydrogen-bond acceptors (Lipinski definition) is 4. The van der Waals surface area contributed by atoms with Gasteiger partial charge in [0.05, 0.1) is 29.9 Å². The highest BCUT2D eigenvalue weighted by Crippen LogP contribution is 2.28. The summed E-state index contributed by atoms with van der Waals surface area (Å²) in [5, 5.41) is 2.87. The summed E-state index contributed by atoms with van der Waals surface area (Å²) in [6, 6.07) is 21.8. The van der Waals surface area contributed by atoms with Gasteiger partial charge in [-0.1, -0.05) is 60.7 Å². The second kappa shape index (κ2) is 7.77. The van der Waals surface area contributed by atoms with Crippen molar-refractivity contribution in [2.45, 2.75) is 19.0 Å². The van der Waals surface area contributed by atoms with Crippen LogP contribution in [0.4, 0.5) is 5.69 Å². The van der Waals surface area contributed by atoms with Gasteiger partial charge < -0.3 is 5.32 Å². The zero-order valence-corrected chi connectivity index (χ0v) is 16.8. The molecule has 148 valence electrons. The van der Waals surface area contributed by atoms with Crippen LogP contribution >= 0.6 is 0 Å². The normalized spacial score (nSPS) is 17.3. The van der Waals surface area contributed by atoms with Crippen molar-refractivity contribution in [1.29, 1.82) is 0 Å². The van der Waals surface area contributed by atoms with Gasteiger partial charge in [0, 0.05) is 5.56 Å². The Morgan fingerprint density at radius 1 is 1.00 bits per heavy atom. The highest BCUT2D eigenvalue weighted by Gasteiger charge is 2.36. The molecule has 0 aliphatic carbocycles. The number of fused-ring (bicyclic) bond motifs is 1. The van der Waals surface area contributed by atoms with E-state index >= 15 is 0 Å². The van der Waals surface area contributed by atoms with E-state index in [4.69, 9.17) is 0 Å². The van der Waals surface area contributed by atoms with Crippen LogP contribution in [0.2, 0.25) is 0 Å². The highest BCUT2D eigenvalue weighted by atomic mass is 32.2. The molecule has 2 aromatic carbocycles. The lowest BCUT2D eigenvalue weighted by Crippen LogP contribution is -2.46. The number of nitrogens with zero attached hydrogens (tertiary/aromatic N) is 2. The molecule has 0 spiro atoms. The number of pyridine rings is 1. The fourth-order valence-corrected chi connectivity index (χ4v) is 4.48. The van der Waals surface area contributed by atoms with Crippen LogP contribution < -0.4 is 5.32 Å². The van der Waals surface area contributed by atoms with E-state index in [9.17, 15) is 13.2 Å². The van der Waals surface area contributed by atoms with Gasteiger partial charge in [-0.05, 0) is 24.1 Å². The first-order chi connectivity index (χ1) is 13.9. The van der Waals surface area contributed by atoms with Crippen molar-refractivity contribution < 1.29 is 13.2 Å². The van der Waals surface area contributed by atoms with Crippen LogP contribution in [0, 0.1) is 0 Å². The van der Waals surface area contributed by atoms with E-state index in [-0.39, 0.29) is 12.5 Å². The molecule has 0 bridgehead atoms. The van der Waals surface area contributed by atoms with E-state index in [0.717, 1.165) is 23.1 Å². The zero-order chi connectivity index (χ0) is 20.4. The Morgan fingerprint density at radius 3 is 2.31 bits per heavy atom. The molecule has 0 saturated carbocycles. The minimum Gasteiger partial charge on any atom is -0.323 e. The quantitative estimate of drug-likeness (QED) is 0.721. The fraction of sp³-hybridized carbons (Fsp3) is 0.182. The molecule has 29 heavy (non-hydrogen) atoms. The zero-order valence-electron chi connectivity index (χ0n) is 15.9. The Balaban J connectivity index is 1.74. The monoisotopic (exact) mass is 407 g/mol. The number of nitrogens with one attached hydrogen (secondary N) is 1. The van der Waals surface area contributed by atoms with Crippen molar-refractivity contribution in [3.05, 3.63) is 84.1 Å². The van der Waals surface area contributed by atoms with Crippen LogP contribution in [0.25, 0.3) is 11.3 Å². The summed E-state index contributed by atoms with van der Waals surface area (Å²) in [7, 11) is -3.64. The number of anilines is 1. The van der Waals surface area contributed by atoms with Crippen LogP contribution in [0.15, 0.2) is 72.8 Å². The molecule has 1 atom stereocenters. The van der Waals surface area contributed by atoms with Gasteiger partial charge >= 0.3 is 0 Å². The third-order valence-electron chi connectivity index (χ3n) is 4.96. The number of sulfonamides is 1. The summed E-state index contributed by atoms with van der Waals surface area (Å²) < 4.78 is 26.4. The molecule has 1 aromatic heterocycles. The molecule has 7 heteroatoms. The third-order valence-corrected chi connectivity index (χ3v) is 6.19. The lowest BCUT2D eigenvalue weighted by atomic mass is 10.1. The van der Waals surface area contributed by atoms with E-state index in [1.54, 1.807) is 6.07 Å². The predicted molar refractivity (Wildman–Crippen MR) is 113 cm³/mol. The van der Waals surface area contributed by atoms with E-state index in [0.29, 0.717) is 17.8 Å². The Morgan fingerprint density at radius 2 is 1.66 bits per heavy atom. The fourth-order valence-electron chi connectivity index (χ4n) is 3.49. The van der Waals surface area contributed by atoms with Crippen molar-refractivity contribution in [2.75, 3.05) is 11.6 Å². The van der Waals surface area contributed by atoms with Crippen molar-refractivity contribution in [3.63, 3.8) is 0 Å². The van der Waals surface area contributed by atoms with Crippen LogP contribution in [0.5, 0.6) is 0 Å². The summed E-state index contributed by atoms with van der Waals surface area (Å²) in [5.41, 5.74) is 3.62. The summed E-state index contributed by atoms with van der Waals surface area (Å²) in [6.07, 6.45) is 1.42. The Labute approximate surface area is 170 Å². The average Bonchev–Trinajstić information content (AvgIpc) is 2.85. The smallest absolute Gasteiger partial charge is 0.243 e. The summed E-state index contributed by atoms with van der Waals surface area (Å²) in [6.45, 7) is 0.0328. The van der Waals surface area contributed by atoms with Gasteiger partial charge in [0.15, 0.2) is 0 Å². The maximum atomic E-state index is 12.9. The third kappa shape index (κ3) is 4.21. The maximum Gasteiger partial charge on any atom is 0.243 e. The SMILES string of the molecule is CS(=O)(=O)N1Cc2nc(-c3ccccc3)ccc2NC(=O)[C@H]1Cc1ccccc1. The van der Waals surface area contributed by atoms with Crippen molar-refractivity contribution in [1.82, 2.24) is 9.29 Å². The lowest BCUT2D eigenvalue weighted by molar-refractivity contribution is -0.119. The van der Waals surface area contributed by atoms with E-state index in [2.05, 4.69) is 10.3 Å². The first-order valence-corrected chi connectivity index (χ1v) is 11.1. The molecular formula is C22H21N3O3S. The molecule has 6 nitrogen and oxygen atoms in total. The topological polar surface area (TPSA) is 79.4 Å². The second-order valence-electron chi connectivity index (χ2n) is 7.06. The van der Waals surface area contributed by atoms with Crippen LogP contribution in [-0.2, 0) is 27.8 Å². The Bertz CT molecular complexity index is 1130. The number of benzene rings is 2. The number of carbonyl (C=O) groups is 1. The molecule has 0 saturated heterocycles. The van der Waals surface area contributed by atoms with Gasteiger partial charge in [0.2, 0.25) is 15.9 Å². The van der Waals surface area contributed by atoms with Gasteiger partial charge in [-0.2, -0.15) is 4.31 Å². The lowest BCUT2D eigenvalue weighted by Gasteiger charge is -2.26. The second-order valence-corrected chi connectivity index (χ2v) is 8.99. The van der Waals surface area contributed by atoms with E-state index in [1.807, 2.05) is 66.7 Å². The first kappa shape index (κ1) is 19.3. The number of aromatic nitrogens is 1. The minimum atomic E-state index is -3.64. The highest BCUT2D eigenvalue weighted by molar-refractivity contribution is 7.88. The van der Waals surface area contributed by atoms with Gasteiger partial charge in [-0.15, -0.1) is 0 Å². The molecule has 0 fully saturated rings. The van der Waals surface area contributed by atoms with Gasteiger partial charge in [-0.3, -0.25) is 4.79 Å². The van der Waals surface area contributed by atoms with Crippen molar-refractivity contribution in [3.8, 4) is 11.3 Å². The largest absolute Gasteiger partial charge is 0.323 e. The Kier molecular flexibility index (Phi) is 5.17. The molecule has 1 aliphatic heterocycles. The number of rotatable bonds is 4. The van der Waals surface area contributed by atoms with Gasteiger partial charge in [-0.25, -0.2) is 13.4 Å². The molecule has 1 amide bonds. The van der Waals surface area contributed by atoms with E-state index < -0.39 is 16.1 Å². The molecule has 4 rings (SSSR count). The molecule has 0 radical (unpaired) electrons. The van der Waals surface area contributed by atoms with Gasteiger partial charge in [0.1, 0.15) is 6.04 Å². The number of hydrogen-bond donors (Lipinski definition) is 1. The molecular weight excluding hydrogens is 386 g/mol. The summed E-state index contributed by atoms with van der Waals surface area (Å²) >= 11 is 0. The molecule has 3 aromatic rings. The number of amides is 1. The summed E-state index contributed by atoms with van der Waals surface area (Å²) in [4.78, 5) is 17.6. The maximum absolute atomic E-state index is 12.9. The molecule has 2 heterocycles. The predicted octanol–water partition coefficient (Wildman–Crippen LogP) is 3.07. The Hall–Kier alpha value is -3.03. The van der Waals surface area contributed by atoms with Gasteiger partial charge in [0.25, 0.3) is 0 Å². The van der Waals surface area contributed by atoms with E-state index in [1.165, 1.54) is 4.31 Å². The minimum absolute atomic E-state index is 0.0328.